The molecule has 1 fully saturated rings. The maximum atomic E-state index is 11.0. The lowest BCUT2D eigenvalue weighted by atomic mass is 10.3. The summed E-state index contributed by atoms with van der Waals surface area (Å²) in [6, 6.07) is 2.94. The van der Waals surface area contributed by atoms with Gasteiger partial charge in [0.25, 0.3) is 9.05 Å². The normalized spacial score (nSPS) is 17.6. The Morgan fingerprint density at radius 2 is 2.00 bits per heavy atom. The van der Waals surface area contributed by atoms with Crippen LogP contribution in [0.25, 0.3) is 0 Å². The molecule has 0 spiro atoms. The molecular formula is C10H12ClNO3S. The Labute approximate surface area is 99.0 Å². The van der Waals surface area contributed by atoms with E-state index in [2.05, 4.69) is 4.98 Å². The van der Waals surface area contributed by atoms with Crippen LogP contribution in [0.4, 0.5) is 0 Å². The van der Waals surface area contributed by atoms with E-state index in [0.717, 1.165) is 12.8 Å². The van der Waals surface area contributed by atoms with E-state index >= 15 is 0 Å². The molecule has 88 valence electrons. The Kier molecular flexibility index (Phi) is 3.35. The Bertz CT molecular complexity index is 451. The molecule has 0 bridgehead atoms. The van der Waals surface area contributed by atoms with Crippen LogP contribution in [-0.2, 0) is 9.05 Å². The number of rotatable bonds is 3. The standard InChI is InChI=1S/C10H12ClNO3S/c11-16(13,14)9-5-6-10(12-7-9)15-8-3-1-2-4-8/h5-8H,1-4H2. The van der Waals surface area contributed by atoms with E-state index in [9.17, 15) is 8.42 Å². The van der Waals surface area contributed by atoms with E-state index in [-0.39, 0.29) is 11.0 Å². The lowest BCUT2D eigenvalue weighted by Gasteiger charge is -2.11. The van der Waals surface area contributed by atoms with Crippen LogP contribution in [-0.4, -0.2) is 19.5 Å². The van der Waals surface area contributed by atoms with Crippen LogP contribution < -0.4 is 4.74 Å². The SMILES string of the molecule is O=S(=O)(Cl)c1ccc(OC2CCCC2)nc1. The predicted molar refractivity (Wildman–Crippen MR) is 60.2 cm³/mol. The number of halogens is 1. The molecule has 4 nitrogen and oxygen atoms in total. The van der Waals surface area contributed by atoms with Crippen molar-refractivity contribution in [3.05, 3.63) is 18.3 Å². The lowest BCUT2D eigenvalue weighted by molar-refractivity contribution is 0.201. The van der Waals surface area contributed by atoms with Gasteiger partial charge in [-0.15, -0.1) is 0 Å². The van der Waals surface area contributed by atoms with Crippen molar-refractivity contribution >= 4 is 19.7 Å². The molecule has 0 aromatic carbocycles. The number of pyridine rings is 1. The van der Waals surface area contributed by atoms with Gasteiger partial charge < -0.3 is 4.74 Å². The summed E-state index contributed by atoms with van der Waals surface area (Å²) in [5.74, 6) is 0.455. The van der Waals surface area contributed by atoms with Gasteiger partial charge in [0.15, 0.2) is 0 Å². The van der Waals surface area contributed by atoms with E-state index in [1.165, 1.54) is 31.2 Å². The summed E-state index contributed by atoms with van der Waals surface area (Å²) >= 11 is 0. The molecule has 1 heterocycles. The van der Waals surface area contributed by atoms with Gasteiger partial charge in [-0.1, -0.05) is 0 Å². The maximum Gasteiger partial charge on any atom is 0.262 e. The molecule has 0 unspecified atom stereocenters. The highest BCUT2D eigenvalue weighted by molar-refractivity contribution is 8.13. The highest BCUT2D eigenvalue weighted by atomic mass is 35.7. The second-order valence-electron chi connectivity index (χ2n) is 3.79. The predicted octanol–water partition coefficient (Wildman–Crippen LogP) is 2.33. The van der Waals surface area contributed by atoms with Crippen LogP contribution in [0.15, 0.2) is 23.2 Å². The van der Waals surface area contributed by atoms with Crippen molar-refractivity contribution in [1.82, 2.24) is 4.98 Å². The van der Waals surface area contributed by atoms with E-state index in [0.29, 0.717) is 5.88 Å². The molecule has 1 aliphatic carbocycles. The molecule has 1 aromatic rings. The highest BCUT2D eigenvalue weighted by Crippen LogP contribution is 2.23. The summed E-state index contributed by atoms with van der Waals surface area (Å²) < 4.78 is 27.5. The summed E-state index contributed by atoms with van der Waals surface area (Å²) in [4.78, 5) is 3.92. The number of nitrogens with zero attached hydrogens (tertiary/aromatic N) is 1. The Morgan fingerprint density at radius 1 is 1.31 bits per heavy atom. The second kappa shape index (κ2) is 4.59. The van der Waals surface area contributed by atoms with Gasteiger partial charge in [-0.2, -0.15) is 0 Å². The Hall–Kier alpha value is -0.810. The van der Waals surface area contributed by atoms with Crippen molar-refractivity contribution in [3.63, 3.8) is 0 Å². The maximum absolute atomic E-state index is 11.0. The van der Waals surface area contributed by atoms with Crippen molar-refractivity contribution in [3.8, 4) is 5.88 Å². The van der Waals surface area contributed by atoms with Crippen LogP contribution in [0.5, 0.6) is 5.88 Å². The first kappa shape index (κ1) is 11.7. The van der Waals surface area contributed by atoms with Crippen LogP contribution >= 0.6 is 10.7 Å². The first-order chi connectivity index (χ1) is 7.55. The molecule has 0 N–H and O–H groups in total. The summed E-state index contributed by atoms with van der Waals surface area (Å²) in [5, 5.41) is 0. The molecule has 0 aliphatic heterocycles. The van der Waals surface area contributed by atoms with Gasteiger partial charge in [0.1, 0.15) is 11.0 Å². The highest BCUT2D eigenvalue weighted by Gasteiger charge is 2.17. The topological polar surface area (TPSA) is 56.3 Å². The smallest absolute Gasteiger partial charge is 0.262 e. The second-order valence-corrected chi connectivity index (χ2v) is 6.36. The molecule has 16 heavy (non-hydrogen) atoms. The molecular weight excluding hydrogens is 250 g/mol. The van der Waals surface area contributed by atoms with E-state index < -0.39 is 9.05 Å². The molecule has 2 rings (SSSR count). The third-order valence-corrected chi connectivity index (χ3v) is 3.92. The van der Waals surface area contributed by atoms with Gasteiger partial charge in [0, 0.05) is 16.7 Å². The number of aromatic nitrogens is 1. The molecule has 0 radical (unpaired) electrons. The third-order valence-electron chi connectivity index (χ3n) is 2.58. The first-order valence-corrected chi connectivity index (χ1v) is 7.44. The van der Waals surface area contributed by atoms with Gasteiger partial charge in [0.05, 0.1) is 6.20 Å². The minimum atomic E-state index is -3.69. The molecule has 1 saturated carbocycles. The molecule has 0 atom stereocenters. The van der Waals surface area contributed by atoms with Crippen LogP contribution in [0.2, 0.25) is 0 Å². The zero-order valence-corrected chi connectivity index (χ0v) is 10.2. The van der Waals surface area contributed by atoms with E-state index in [1.807, 2.05) is 0 Å². The summed E-state index contributed by atoms with van der Waals surface area (Å²) in [5.41, 5.74) is 0. The summed E-state index contributed by atoms with van der Waals surface area (Å²) in [6.45, 7) is 0. The molecule has 1 aromatic heterocycles. The average molecular weight is 262 g/mol. The van der Waals surface area contributed by atoms with E-state index in [1.54, 1.807) is 0 Å². The third kappa shape index (κ3) is 2.86. The van der Waals surface area contributed by atoms with Gasteiger partial charge in [0.2, 0.25) is 5.88 Å². The zero-order valence-electron chi connectivity index (χ0n) is 8.60. The van der Waals surface area contributed by atoms with Crippen molar-refractivity contribution < 1.29 is 13.2 Å². The lowest BCUT2D eigenvalue weighted by Crippen LogP contribution is -2.11. The van der Waals surface area contributed by atoms with Gasteiger partial charge >= 0.3 is 0 Å². The average Bonchev–Trinajstić information content (AvgIpc) is 2.70. The minimum Gasteiger partial charge on any atom is -0.474 e. The van der Waals surface area contributed by atoms with Crippen molar-refractivity contribution in [2.75, 3.05) is 0 Å². The van der Waals surface area contributed by atoms with Crippen molar-refractivity contribution in [2.45, 2.75) is 36.7 Å². The van der Waals surface area contributed by atoms with Crippen LogP contribution in [0, 0.1) is 0 Å². The largest absolute Gasteiger partial charge is 0.474 e. The van der Waals surface area contributed by atoms with Crippen LogP contribution in [0.1, 0.15) is 25.7 Å². The molecule has 6 heteroatoms. The quantitative estimate of drug-likeness (QED) is 0.784. The van der Waals surface area contributed by atoms with E-state index in [4.69, 9.17) is 15.4 Å². The van der Waals surface area contributed by atoms with Gasteiger partial charge in [-0.25, -0.2) is 13.4 Å². The van der Waals surface area contributed by atoms with Crippen LogP contribution in [0.3, 0.4) is 0 Å². The monoisotopic (exact) mass is 261 g/mol. The molecule has 1 aliphatic rings. The summed E-state index contributed by atoms with van der Waals surface area (Å²) in [6.07, 6.45) is 5.87. The summed E-state index contributed by atoms with van der Waals surface area (Å²) in [7, 11) is 1.48. The number of ether oxygens (including phenoxy) is 1. The zero-order chi connectivity index (χ0) is 11.6. The number of hydrogen-bond donors (Lipinski definition) is 0. The fraction of sp³-hybridized carbons (Fsp3) is 0.500. The van der Waals surface area contributed by atoms with Gasteiger partial charge in [-0.3, -0.25) is 0 Å². The fourth-order valence-electron chi connectivity index (χ4n) is 1.76. The Morgan fingerprint density at radius 3 is 2.50 bits per heavy atom. The number of hydrogen-bond acceptors (Lipinski definition) is 4. The van der Waals surface area contributed by atoms with Gasteiger partial charge in [-0.05, 0) is 31.7 Å². The minimum absolute atomic E-state index is 0.00654. The Balaban J connectivity index is 2.07. The fourth-order valence-corrected chi connectivity index (χ4v) is 2.44. The van der Waals surface area contributed by atoms with Crippen molar-refractivity contribution in [1.29, 1.82) is 0 Å². The first-order valence-electron chi connectivity index (χ1n) is 5.13. The molecule has 0 saturated heterocycles. The molecule has 0 amide bonds. The van der Waals surface area contributed by atoms with Crippen molar-refractivity contribution in [2.24, 2.45) is 0 Å².